The lowest BCUT2D eigenvalue weighted by Crippen LogP contribution is -2.21. The normalized spacial score (nSPS) is 13.5. The second-order valence-corrected chi connectivity index (χ2v) is 4.40. The van der Waals surface area contributed by atoms with Crippen molar-refractivity contribution < 1.29 is 9.31 Å². The first-order valence-corrected chi connectivity index (χ1v) is 5.98. The number of nitro groups is 1. The molecule has 0 heterocycles. The minimum Gasteiger partial charge on any atom is -0.258 e. The van der Waals surface area contributed by atoms with E-state index < -0.39 is 16.3 Å². The van der Waals surface area contributed by atoms with Crippen LogP contribution in [0, 0.1) is 15.9 Å². The Labute approximate surface area is 114 Å². The van der Waals surface area contributed by atoms with Gasteiger partial charge in [-0.3, -0.25) is 10.1 Å². The first kappa shape index (κ1) is 14.7. The van der Waals surface area contributed by atoms with Crippen LogP contribution in [-0.4, -0.2) is 16.0 Å². The molecule has 0 aliphatic rings. The maximum atomic E-state index is 13.8. The molecule has 0 radical (unpaired) electrons. The average molecular weight is 289 g/mol. The Bertz CT molecular complexity index is 520. The van der Waals surface area contributed by atoms with Crippen molar-refractivity contribution in [2.24, 2.45) is 4.99 Å². The summed E-state index contributed by atoms with van der Waals surface area (Å²) in [6, 6.07) is 3.29. The van der Waals surface area contributed by atoms with Crippen LogP contribution in [-0.2, 0) is 5.54 Å². The summed E-state index contributed by atoms with van der Waals surface area (Å²) in [4.78, 5) is 14.0. The summed E-state index contributed by atoms with van der Waals surface area (Å²) in [6.45, 7) is 1.61. The Balaban J connectivity index is 3.39. The molecule has 1 rings (SSSR count). The summed E-state index contributed by atoms with van der Waals surface area (Å²) in [5.41, 5.74) is -1.15. The molecule has 0 N–H and O–H groups in total. The number of thiocarbonyl (C=S) groups is 1. The van der Waals surface area contributed by atoms with E-state index in [9.17, 15) is 14.5 Å². The molecule has 18 heavy (non-hydrogen) atoms. The SMILES string of the molecule is C[C@@](CCCl)(N=C=S)c1cc([N+](=O)[O-])ccc1F. The summed E-state index contributed by atoms with van der Waals surface area (Å²) in [5, 5.41) is 12.9. The summed E-state index contributed by atoms with van der Waals surface area (Å²) in [6.07, 6.45) is 0.302. The third-order valence-corrected chi connectivity index (χ3v) is 2.89. The third-order valence-electron chi connectivity index (χ3n) is 2.61. The van der Waals surface area contributed by atoms with Gasteiger partial charge in [0.2, 0.25) is 0 Å². The fraction of sp³-hybridized carbons (Fsp3) is 0.364. The largest absolute Gasteiger partial charge is 0.270 e. The highest BCUT2D eigenvalue weighted by Gasteiger charge is 2.30. The lowest BCUT2D eigenvalue weighted by molar-refractivity contribution is -0.385. The van der Waals surface area contributed by atoms with Crippen molar-refractivity contribution in [1.29, 1.82) is 0 Å². The molecule has 0 saturated heterocycles. The highest BCUT2D eigenvalue weighted by atomic mass is 35.5. The standard InChI is InChI=1S/C11H10ClFN2O2S/c1-11(4-5-12,14-7-18)9-6-8(15(16)17)2-3-10(9)13/h2-3,6H,4-5H2,1H3/t11-/m0/s1. The number of halogens is 2. The van der Waals surface area contributed by atoms with E-state index in [4.69, 9.17) is 11.6 Å². The maximum Gasteiger partial charge on any atom is 0.270 e. The lowest BCUT2D eigenvalue weighted by Gasteiger charge is -2.23. The van der Waals surface area contributed by atoms with Gasteiger partial charge in [0, 0.05) is 23.6 Å². The van der Waals surface area contributed by atoms with Gasteiger partial charge in [-0.25, -0.2) is 9.38 Å². The van der Waals surface area contributed by atoms with Gasteiger partial charge in [0.15, 0.2) is 0 Å². The Morgan fingerprint density at radius 1 is 1.67 bits per heavy atom. The van der Waals surface area contributed by atoms with Gasteiger partial charge < -0.3 is 0 Å². The number of nitro benzene ring substituents is 1. The number of rotatable bonds is 5. The predicted octanol–water partition coefficient (Wildman–Crippen LogP) is 3.68. The van der Waals surface area contributed by atoms with Gasteiger partial charge in [-0.15, -0.1) is 11.6 Å². The van der Waals surface area contributed by atoms with Gasteiger partial charge in [0.25, 0.3) is 5.69 Å². The summed E-state index contributed by atoms with van der Waals surface area (Å²) in [7, 11) is 0. The van der Waals surface area contributed by atoms with Crippen molar-refractivity contribution in [3.05, 3.63) is 39.7 Å². The van der Waals surface area contributed by atoms with Crippen molar-refractivity contribution in [3.8, 4) is 0 Å². The monoisotopic (exact) mass is 288 g/mol. The highest BCUT2D eigenvalue weighted by molar-refractivity contribution is 7.78. The van der Waals surface area contributed by atoms with Crippen molar-refractivity contribution in [2.45, 2.75) is 18.9 Å². The van der Waals surface area contributed by atoms with Crippen LogP contribution in [0.5, 0.6) is 0 Å². The molecule has 0 saturated carbocycles. The molecule has 0 aliphatic heterocycles. The van der Waals surface area contributed by atoms with Gasteiger partial charge in [0.05, 0.1) is 15.6 Å². The average Bonchev–Trinajstić information content (AvgIpc) is 2.29. The molecule has 0 aromatic heterocycles. The zero-order valence-corrected chi connectivity index (χ0v) is 11.1. The number of non-ortho nitro benzene ring substituents is 1. The van der Waals surface area contributed by atoms with E-state index in [1.54, 1.807) is 6.92 Å². The third kappa shape index (κ3) is 3.10. The van der Waals surface area contributed by atoms with E-state index in [0.29, 0.717) is 6.42 Å². The Hall–Kier alpha value is -1.36. The van der Waals surface area contributed by atoms with Crippen LogP contribution < -0.4 is 0 Å². The number of aliphatic imine (C=N–C) groups is 1. The molecule has 4 nitrogen and oxygen atoms in total. The minimum atomic E-state index is -1.04. The number of isothiocyanates is 1. The van der Waals surface area contributed by atoms with E-state index in [2.05, 4.69) is 22.4 Å². The van der Waals surface area contributed by atoms with Gasteiger partial charge in [0.1, 0.15) is 5.82 Å². The minimum absolute atomic E-state index is 0.0923. The molecule has 0 aliphatic carbocycles. The second-order valence-electron chi connectivity index (χ2n) is 3.84. The molecular formula is C11H10ClFN2O2S. The molecule has 0 spiro atoms. The molecule has 7 heteroatoms. The molecule has 0 fully saturated rings. The topological polar surface area (TPSA) is 55.5 Å². The van der Waals surface area contributed by atoms with Crippen molar-refractivity contribution in [2.75, 3.05) is 5.88 Å². The summed E-state index contributed by atoms with van der Waals surface area (Å²) < 4.78 is 13.8. The fourth-order valence-electron chi connectivity index (χ4n) is 1.58. The van der Waals surface area contributed by atoms with Crippen LogP contribution in [0.1, 0.15) is 18.9 Å². The van der Waals surface area contributed by atoms with E-state index in [1.165, 1.54) is 0 Å². The smallest absolute Gasteiger partial charge is 0.258 e. The molecule has 1 aromatic rings. The van der Waals surface area contributed by atoms with Crippen LogP contribution >= 0.6 is 23.8 Å². The number of hydrogen-bond donors (Lipinski definition) is 0. The van der Waals surface area contributed by atoms with E-state index in [-0.39, 0.29) is 17.1 Å². The first-order chi connectivity index (χ1) is 8.44. The molecule has 1 atom stereocenters. The zero-order valence-electron chi connectivity index (χ0n) is 9.52. The van der Waals surface area contributed by atoms with Crippen LogP contribution in [0.3, 0.4) is 0 Å². The molecule has 0 bridgehead atoms. The van der Waals surface area contributed by atoms with E-state index in [0.717, 1.165) is 18.2 Å². The lowest BCUT2D eigenvalue weighted by atomic mass is 9.89. The zero-order chi connectivity index (χ0) is 13.8. The molecule has 0 unspecified atom stereocenters. The number of alkyl halides is 1. The molecule has 0 amide bonds. The molecule has 96 valence electrons. The fourth-order valence-corrected chi connectivity index (χ4v) is 2.14. The Morgan fingerprint density at radius 3 is 2.83 bits per heavy atom. The number of hydrogen-bond acceptors (Lipinski definition) is 4. The Kier molecular flexibility index (Phi) is 4.90. The van der Waals surface area contributed by atoms with Crippen molar-refractivity contribution in [1.82, 2.24) is 0 Å². The van der Waals surface area contributed by atoms with Crippen molar-refractivity contribution in [3.63, 3.8) is 0 Å². The predicted molar refractivity (Wildman–Crippen MR) is 70.8 cm³/mol. The number of benzene rings is 1. The highest BCUT2D eigenvalue weighted by Crippen LogP contribution is 2.33. The van der Waals surface area contributed by atoms with Crippen LogP contribution in [0.2, 0.25) is 0 Å². The van der Waals surface area contributed by atoms with E-state index in [1.807, 2.05) is 0 Å². The summed E-state index contributed by atoms with van der Waals surface area (Å²) >= 11 is 10.2. The van der Waals surface area contributed by atoms with E-state index >= 15 is 0 Å². The van der Waals surface area contributed by atoms with Gasteiger partial charge in [-0.2, -0.15) is 0 Å². The van der Waals surface area contributed by atoms with Crippen LogP contribution in [0.15, 0.2) is 23.2 Å². The van der Waals surface area contributed by atoms with Gasteiger partial charge in [-0.1, -0.05) is 0 Å². The summed E-state index contributed by atoms with van der Waals surface area (Å²) in [5.74, 6) is -0.360. The number of nitrogens with zero attached hydrogens (tertiary/aromatic N) is 2. The van der Waals surface area contributed by atoms with Gasteiger partial charge >= 0.3 is 0 Å². The Morgan fingerprint density at radius 2 is 2.33 bits per heavy atom. The van der Waals surface area contributed by atoms with Crippen LogP contribution in [0.25, 0.3) is 0 Å². The van der Waals surface area contributed by atoms with Crippen LogP contribution in [0.4, 0.5) is 10.1 Å². The molecule has 1 aromatic carbocycles. The first-order valence-electron chi connectivity index (χ1n) is 5.04. The maximum absolute atomic E-state index is 13.8. The van der Waals surface area contributed by atoms with Gasteiger partial charge in [-0.05, 0) is 31.6 Å². The molecular weight excluding hydrogens is 279 g/mol. The second kappa shape index (κ2) is 6.00. The van der Waals surface area contributed by atoms with Crippen molar-refractivity contribution >= 4 is 34.7 Å². The quantitative estimate of drug-likeness (QED) is 0.273.